The van der Waals surface area contributed by atoms with Gasteiger partial charge in [-0.3, -0.25) is 0 Å². The summed E-state index contributed by atoms with van der Waals surface area (Å²) in [6.07, 6.45) is 1.17. The van der Waals surface area contributed by atoms with Crippen molar-refractivity contribution in [3.63, 3.8) is 0 Å². The molecular weight excluding hydrogens is 433 g/mol. The van der Waals surface area contributed by atoms with E-state index in [0.717, 1.165) is 11.1 Å². The van der Waals surface area contributed by atoms with Crippen LogP contribution in [0.1, 0.15) is 18.1 Å². The molecule has 0 aliphatic carbocycles. The molecule has 0 amide bonds. The minimum Gasteiger partial charge on any atom is -0.780 e. The molecule has 0 bridgehead atoms. The van der Waals surface area contributed by atoms with E-state index in [4.69, 9.17) is 18.9 Å². The smallest absolute Gasteiger partial charge is 0.780 e. The zero-order valence-corrected chi connectivity index (χ0v) is 23.1. The van der Waals surface area contributed by atoms with Gasteiger partial charge in [0.25, 0.3) is 0 Å². The summed E-state index contributed by atoms with van der Waals surface area (Å²) in [5, 5.41) is 0. The van der Waals surface area contributed by atoms with Crippen molar-refractivity contribution in [3.05, 3.63) is 41.5 Å². The van der Waals surface area contributed by atoms with E-state index in [2.05, 4.69) is 4.52 Å². The van der Waals surface area contributed by atoms with E-state index in [1.807, 2.05) is 12.1 Å². The van der Waals surface area contributed by atoms with Gasteiger partial charge in [0, 0.05) is 0 Å². The Hall–Kier alpha value is -0.410. The molecule has 0 unspecified atom stereocenters. The van der Waals surface area contributed by atoms with Gasteiger partial charge in [0.15, 0.2) is 23.0 Å². The molecule has 0 aliphatic heterocycles. The number of methoxy groups -OCH3 is 3. The molecule has 154 valence electrons. The van der Waals surface area contributed by atoms with Crippen LogP contribution in [0.3, 0.4) is 0 Å². The number of phosphoric acid groups is 1. The first-order valence-electron chi connectivity index (χ1n) is 8.57. The number of benzene rings is 2. The van der Waals surface area contributed by atoms with E-state index in [-0.39, 0.29) is 70.6 Å². The monoisotopic (exact) mass is 456 g/mol. The van der Waals surface area contributed by atoms with Crippen LogP contribution >= 0.6 is 7.82 Å². The Bertz CT molecular complexity index is 831. The van der Waals surface area contributed by atoms with Gasteiger partial charge in [-0.1, -0.05) is 6.07 Å². The van der Waals surface area contributed by atoms with Crippen molar-refractivity contribution in [1.82, 2.24) is 0 Å². The molecule has 11 heteroatoms. The van der Waals surface area contributed by atoms with Crippen molar-refractivity contribution >= 4 is 7.82 Å². The van der Waals surface area contributed by atoms with E-state index in [0.29, 0.717) is 36.7 Å². The van der Waals surface area contributed by atoms with Crippen LogP contribution in [0.4, 0.5) is 0 Å². The molecule has 30 heavy (non-hydrogen) atoms. The van der Waals surface area contributed by atoms with Gasteiger partial charge in [-0.2, -0.15) is 0 Å². The van der Waals surface area contributed by atoms with Gasteiger partial charge >= 0.3 is 59.1 Å². The first kappa shape index (κ1) is 29.6. The van der Waals surface area contributed by atoms with Gasteiger partial charge in [-0.15, -0.1) is 0 Å². The van der Waals surface area contributed by atoms with Crippen molar-refractivity contribution < 1.29 is 96.9 Å². The van der Waals surface area contributed by atoms with E-state index in [1.54, 1.807) is 33.3 Å². The van der Waals surface area contributed by atoms with Crippen molar-refractivity contribution in [2.75, 3.05) is 27.9 Å². The summed E-state index contributed by atoms with van der Waals surface area (Å²) >= 11 is 0. The van der Waals surface area contributed by atoms with Gasteiger partial charge in [-0.25, -0.2) is 0 Å². The van der Waals surface area contributed by atoms with E-state index >= 15 is 0 Å². The maximum atomic E-state index is 11.0. The second-order valence-corrected chi connectivity index (χ2v) is 6.86. The second-order valence-electron chi connectivity index (χ2n) is 5.79. The molecule has 0 aliphatic rings. The van der Waals surface area contributed by atoms with Crippen molar-refractivity contribution in [2.45, 2.75) is 19.8 Å². The summed E-state index contributed by atoms with van der Waals surface area (Å²) in [6, 6.07) is 8.55. The number of aryl methyl sites for hydroxylation is 2. The van der Waals surface area contributed by atoms with Crippen LogP contribution in [0.5, 0.6) is 28.7 Å². The van der Waals surface area contributed by atoms with Crippen LogP contribution < -0.4 is 92.4 Å². The fraction of sp³-hybridized carbons (Fsp3) is 0.368. The molecule has 0 aromatic heterocycles. The number of hydrogen-bond donors (Lipinski definition) is 0. The molecule has 2 rings (SSSR count). The van der Waals surface area contributed by atoms with Gasteiger partial charge in [0.05, 0.1) is 27.9 Å². The molecule has 0 saturated carbocycles. The largest absolute Gasteiger partial charge is 1.00 e. The van der Waals surface area contributed by atoms with Crippen LogP contribution in [-0.2, 0) is 17.4 Å². The second kappa shape index (κ2) is 13.9. The fourth-order valence-electron chi connectivity index (χ4n) is 2.74. The molecule has 0 saturated heterocycles. The molecule has 0 atom stereocenters. The number of hydrogen-bond acceptors (Lipinski definition) is 8. The number of phosphoric ester groups is 1. The van der Waals surface area contributed by atoms with Gasteiger partial charge in [0.2, 0.25) is 5.75 Å². The van der Waals surface area contributed by atoms with Crippen molar-refractivity contribution in [2.24, 2.45) is 0 Å². The summed E-state index contributed by atoms with van der Waals surface area (Å²) in [5.41, 5.74) is 1.71. The minimum atomic E-state index is -5.19. The fourth-order valence-corrected chi connectivity index (χ4v) is 3.13. The van der Waals surface area contributed by atoms with Crippen LogP contribution in [0.2, 0.25) is 0 Å². The summed E-state index contributed by atoms with van der Waals surface area (Å²) in [5.74, 6) is 1.69. The summed E-state index contributed by atoms with van der Waals surface area (Å²) < 4.78 is 36.9. The maximum absolute atomic E-state index is 11.0. The van der Waals surface area contributed by atoms with Gasteiger partial charge in [-0.05, 0) is 55.2 Å². The van der Waals surface area contributed by atoms with Gasteiger partial charge in [0.1, 0.15) is 7.82 Å². The average molecular weight is 456 g/mol. The molecule has 8 nitrogen and oxygen atoms in total. The Morgan fingerprint density at radius 3 is 1.80 bits per heavy atom. The third kappa shape index (κ3) is 8.61. The normalized spacial score (nSPS) is 10.3. The zero-order valence-electron chi connectivity index (χ0n) is 18.2. The molecule has 0 spiro atoms. The van der Waals surface area contributed by atoms with Crippen molar-refractivity contribution in [3.8, 4) is 28.7 Å². The van der Waals surface area contributed by atoms with Gasteiger partial charge < -0.3 is 37.8 Å². The van der Waals surface area contributed by atoms with E-state index in [9.17, 15) is 14.4 Å². The Labute approximate surface area is 221 Å². The molecule has 0 heterocycles. The van der Waals surface area contributed by atoms with Crippen LogP contribution in [0.15, 0.2) is 30.3 Å². The Morgan fingerprint density at radius 1 is 0.800 bits per heavy atom. The minimum absolute atomic E-state index is 0. The third-order valence-corrected chi connectivity index (χ3v) is 4.37. The van der Waals surface area contributed by atoms with Crippen LogP contribution in [0, 0.1) is 0 Å². The Morgan fingerprint density at radius 2 is 1.33 bits per heavy atom. The Balaban J connectivity index is 0.00000420. The first-order valence-corrected chi connectivity index (χ1v) is 10.0. The zero-order chi connectivity index (χ0) is 20.7. The first-order chi connectivity index (χ1) is 13.3. The quantitative estimate of drug-likeness (QED) is 0.264. The van der Waals surface area contributed by atoms with Crippen LogP contribution in [0.25, 0.3) is 0 Å². The molecule has 0 radical (unpaired) electrons. The number of rotatable bonds is 10. The summed E-state index contributed by atoms with van der Waals surface area (Å²) in [7, 11) is -0.573. The summed E-state index contributed by atoms with van der Waals surface area (Å²) in [6.45, 7) is 2.05. The average Bonchev–Trinajstić information content (AvgIpc) is 2.66. The van der Waals surface area contributed by atoms with Crippen molar-refractivity contribution in [1.29, 1.82) is 0 Å². The topological polar surface area (TPSA) is 109 Å². The van der Waals surface area contributed by atoms with Crippen LogP contribution in [-0.4, -0.2) is 27.9 Å². The molecule has 2 aromatic carbocycles. The van der Waals surface area contributed by atoms with E-state index in [1.165, 1.54) is 13.2 Å². The SMILES string of the molecule is CCOc1ccc(CCc2cc(OC)c(OC)c(OC)c2)cc1OP(=O)([O-])[O-].[Na+].[Na+]. The number of ether oxygens (including phenoxy) is 4. The summed E-state index contributed by atoms with van der Waals surface area (Å²) in [4.78, 5) is 22.0. The molecular formula is C19H23Na2O8P. The third-order valence-electron chi connectivity index (χ3n) is 3.94. The molecule has 0 fully saturated rings. The molecule has 0 N–H and O–H groups in total. The Kier molecular flexibility index (Phi) is 13.7. The maximum Gasteiger partial charge on any atom is 1.00 e. The van der Waals surface area contributed by atoms with E-state index < -0.39 is 7.82 Å². The molecule has 2 aromatic rings. The predicted molar refractivity (Wildman–Crippen MR) is 99.4 cm³/mol. The predicted octanol–water partition coefficient (Wildman–Crippen LogP) is -3.89. The standard InChI is InChI=1S/C19H25O8P.2Na/c1-5-26-15-9-8-13(10-16(15)27-28(20,21)22)6-7-14-11-17(23-2)19(25-4)18(12-14)24-3;;/h8-12H,5-7H2,1-4H3,(H2,20,21,22);;/q;2*+1/p-2.